The van der Waals surface area contributed by atoms with Crippen molar-refractivity contribution < 1.29 is 4.57 Å². The van der Waals surface area contributed by atoms with Crippen LogP contribution in [0.25, 0.3) is 0 Å². The van der Waals surface area contributed by atoms with Gasteiger partial charge in [0, 0.05) is 11.3 Å². The van der Waals surface area contributed by atoms with Crippen LogP contribution in [0.5, 0.6) is 0 Å². The molecule has 11 heavy (non-hydrogen) atoms. The molecular formula is C9H15OP. The minimum absolute atomic E-state index is 0.440. The summed E-state index contributed by atoms with van der Waals surface area (Å²) < 4.78 is 12.1. The molecule has 2 aliphatic rings. The summed E-state index contributed by atoms with van der Waals surface area (Å²) in [5, 5.41) is 0. The Labute approximate surface area is 68.2 Å². The van der Waals surface area contributed by atoms with Gasteiger partial charge in [-0.3, -0.25) is 0 Å². The van der Waals surface area contributed by atoms with Crippen LogP contribution in [0, 0.1) is 0 Å². The number of rotatable bonds is 0. The summed E-state index contributed by atoms with van der Waals surface area (Å²) in [5.74, 6) is 0. The van der Waals surface area contributed by atoms with E-state index >= 15 is 0 Å². The summed E-state index contributed by atoms with van der Waals surface area (Å²) in [6.45, 7) is 1.99. The van der Waals surface area contributed by atoms with Crippen molar-refractivity contribution in [2.75, 3.05) is 6.66 Å². The van der Waals surface area contributed by atoms with E-state index < -0.39 is 7.14 Å². The summed E-state index contributed by atoms with van der Waals surface area (Å²) in [4.78, 5) is 0. The molecule has 0 spiro atoms. The molecule has 2 rings (SSSR count). The molecule has 2 heterocycles. The van der Waals surface area contributed by atoms with Gasteiger partial charge in [-0.15, -0.1) is 0 Å². The third-order valence-corrected chi connectivity index (χ3v) is 6.62. The van der Waals surface area contributed by atoms with E-state index in [-0.39, 0.29) is 0 Å². The average molecular weight is 170 g/mol. The highest BCUT2D eigenvalue weighted by Gasteiger charge is 2.38. The second-order valence-electron chi connectivity index (χ2n) is 3.86. The van der Waals surface area contributed by atoms with E-state index in [0.717, 1.165) is 0 Å². The molecule has 0 N–H and O–H groups in total. The SMILES string of the molecule is CP1(=O)C2C=CC1CCCC2. The van der Waals surface area contributed by atoms with E-state index in [1.165, 1.54) is 25.7 Å². The Hall–Kier alpha value is -0.0300. The van der Waals surface area contributed by atoms with Crippen LogP contribution in [0.15, 0.2) is 12.2 Å². The van der Waals surface area contributed by atoms with E-state index in [9.17, 15) is 4.57 Å². The maximum atomic E-state index is 12.1. The highest BCUT2D eigenvalue weighted by Crippen LogP contribution is 2.61. The van der Waals surface area contributed by atoms with Crippen molar-refractivity contribution in [2.24, 2.45) is 0 Å². The smallest absolute Gasteiger partial charge is 0.0978 e. The topological polar surface area (TPSA) is 17.1 Å². The van der Waals surface area contributed by atoms with Gasteiger partial charge in [0.25, 0.3) is 0 Å². The molecular weight excluding hydrogens is 155 g/mol. The molecule has 0 aromatic heterocycles. The summed E-state index contributed by atoms with van der Waals surface area (Å²) in [6, 6.07) is 0. The van der Waals surface area contributed by atoms with Crippen LogP contribution in [-0.2, 0) is 4.57 Å². The van der Waals surface area contributed by atoms with Gasteiger partial charge in [-0.25, -0.2) is 0 Å². The predicted molar refractivity (Wildman–Crippen MR) is 48.7 cm³/mol. The zero-order chi connectivity index (χ0) is 7.90. The fourth-order valence-electron chi connectivity index (χ4n) is 2.26. The van der Waals surface area contributed by atoms with Crippen LogP contribution in [-0.4, -0.2) is 18.0 Å². The lowest BCUT2D eigenvalue weighted by Crippen LogP contribution is -2.04. The molecule has 0 radical (unpaired) electrons. The third-order valence-electron chi connectivity index (χ3n) is 3.12. The molecule has 0 amide bonds. The Morgan fingerprint density at radius 3 is 2.09 bits per heavy atom. The fourth-order valence-corrected chi connectivity index (χ4v) is 5.02. The van der Waals surface area contributed by atoms with Crippen LogP contribution >= 0.6 is 7.14 Å². The second-order valence-corrected chi connectivity index (χ2v) is 7.31. The molecule has 2 bridgehead atoms. The van der Waals surface area contributed by atoms with Crippen molar-refractivity contribution in [3.05, 3.63) is 12.2 Å². The number of fused-ring (bicyclic) bond motifs is 2. The van der Waals surface area contributed by atoms with Crippen molar-refractivity contribution in [1.29, 1.82) is 0 Å². The molecule has 1 nitrogen and oxygen atoms in total. The van der Waals surface area contributed by atoms with Crippen molar-refractivity contribution in [2.45, 2.75) is 37.0 Å². The molecule has 2 atom stereocenters. The van der Waals surface area contributed by atoms with Gasteiger partial charge in [-0.1, -0.05) is 25.0 Å². The first kappa shape index (κ1) is 7.61. The number of hydrogen-bond donors (Lipinski definition) is 0. The highest BCUT2D eigenvalue weighted by molar-refractivity contribution is 7.65. The standard InChI is InChI=1S/C9H15OP/c1-11(10)8-4-2-3-5-9(11)7-6-8/h6-9H,2-5H2,1H3. The molecule has 2 unspecified atom stereocenters. The maximum absolute atomic E-state index is 12.1. The Morgan fingerprint density at radius 2 is 1.64 bits per heavy atom. The van der Waals surface area contributed by atoms with Crippen molar-refractivity contribution >= 4 is 7.14 Å². The van der Waals surface area contributed by atoms with Gasteiger partial charge < -0.3 is 4.57 Å². The molecule has 2 aliphatic heterocycles. The van der Waals surface area contributed by atoms with E-state index in [1.54, 1.807) is 0 Å². The molecule has 62 valence electrons. The van der Waals surface area contributed by atoms with Gasteiger partial charge in [0.2, 0.25) is 0 Å². The van der Waals surface area contributed by atoms with Gasteiger partial charge >= 0.3 is 0 Å². The van der Waals surface area contributed by atoms with Crippen molar-refractivity contribution in [3.63, 3.8) is 0 Å². The second kappa shape index (κ2) is 2.48. The van der Waals surface area contributed by atoms with Gasteiger partial charge in [-0.05, 0) is 19.5 Å². The predicted octanol–water partition coefficient (Wildman–Crippen LogP) is 2.86. The van der Waals surface area contributed by atoms with Crippen LogP contribution < -0.4 is 0 Å². The van der Waals surface area contributed by atoms with E-state index in [0.29, 0.717) is 11.3 Å². The number of hydrogen-bond acceptors (Lipinski definition) is 1. The summed E-state index contributed by atoms with van der Waals surface area (Å²) in [6.07, 6.45) is 9.30. The lowest BCUT2D eigenvalue weighted by Gasteiger charge is -2.17. The lowest BCUT2D eigenvalue weighted by molar-refractivity contribution is 0.571. The zero-order valence-corrected chi connectivity index (χ0v) is 7.89. The monoisotopic (exact) mass is 170 g/mol. The van der Waals surface area contributed by atoms with Crippen molar-refractivity contribution in [3.8, 4) is 0 Å². The van der Waals surface area contributed by atoms with Crippen molar-refractivity contribution in [1.82, 2.24) is 0 Å². The molecule has 1 saturated heterocycles. The van der Waals surface area contributed by atoms with Gasteiger partial charge in [0.1, 0.15) is 0 Å². The molecule has 0 aliphatic carbocycles. The highest BCUT2D eigenvalue weighted by atomic mass is 31.2. The van der Waals surface area contributed by atoms with Gasteiger partial charge in [0.15, 0.2) is 0 Å². The maximum Gasteiger partial charge on any atom is 0.0978 e. The summed E-state index contributed by atoms with van der Waals surface area (Å²) in [7, 11) is -1.81. The third kappa shape index (κ3) is 1.10. The Balaban J connectivity index is 2.32. The van der Waals surface area contributed by atoms with Crippen LogP contribution in [0.1, 0.15) is 25.7 Å². The largest absolute Gasteiger partial charge is 0.323 e. The van der Waals surface area contributed by atoms with Gasteiger partial charge in [-0.2, -0.15) is 0 Å². The van der Waals surface area contributed by atoms with E-state index in [1.807, 2.05) is 6.66 Å². The zero-order valence-electron chi connectivity index (χ0n) is 6.99. The minimum Gasteiger partial charge on any atom is -0.323 e. The minimum atomic E-state index is -1.81. The lowest BCUT2D eigenvalue weighted by atomic mass is 10.1. The summed E-state index contributed by atoms with van der Waals surface area (Å²) in [5.41, 5.74) is 0.880. The Bertz CT molecular complexity index is 212. The molecule has 0 aromatic carbocycles. The first-order chi connectivity index (χ1) is 5.21. The molecule has 1 fully saturated rings. The first-order valence-electron chi connectivity index (χ1n) is 4.46. The van der Waals surface area contributed by atoms with Crippen LogP contribution in [0.2, 0.25) is 0 Å². The molecule has 0 aromatic rings. The quantitative estimate of drug-likeness (QED) is 0.403. The molecule has 2 heteroatoms. The first-order valence-corrected chi connectivity index (χ1v) is 6.76. The normalized spacial score (nSPS) is 49.2. The Morgan fingerprint density at radius 1 is 1.18 bits per heavy atom. The average Bonchev–Trinajstić information content (AvgIpc) is 2.00. The van der Waals surface area contributed by atoms with Gasteiger partial charge in [0.05, 0.1) is 7.14 Å². The summed E-state index contributed by atoms with van der Waals surface area (Å²) >= 11 is 0. The van der Waals surface area contributed by atoms with Crippen LogP contribution in [0.4, 0.5) is 0 Å². The number of allylic oxidation sites excluding steroid dienone is 2. The van der Waals surface area contributed by atoms with E-state index in [2.05, 4.69) is 12.2 Å². The molecule has 0 saturated carbocycles. The van der Waals surface area contributed by atoms with E-state index in [4.69, 9.17) is 0 Å². The Kier molecular flexibility index (Phi) is 1.72. The van der Waals surface area contributed by atoms with Crippen LogP contribution in [0.3, 0.4) is 0 Å². The fraction of sp³-hybridized carbons (Fsp3) is 0.778.